The number of nitrogens with one attached hydrogen (secondary N) is 1. The van der Waals surface area contributed by atoms with Gasteiger partial charge in [0, 0.05) is 30.2 Å². The Kier molecular flexibility index (Phi) is 5.69. The largest absolute Gasteiger partial charge is 0.361 e. The lowest BCUT2D eigenvalue weighted by Gasteiger charge is -2.16. The molecule has 0 spiro atoms. The van der Waals surface area contributed by atoms with Crippen molar-refractivity contribution in [2.24, 2.45) is 0 Å². The lowest BCUT2D eigenvalue weighted by atomic mass is 10.0. The number of nitrogens with zero attached hydrogens (tertiary/aromatic N) is 1. The predicted octanol–water partition coefficient (Wildman–Crippen LogP) is 6.37. The molecule has 0 unspecified atom stereocenters. The minimum atomic E-state index is 0.967. The van der Waals surface area contributed by atoms with Crippen LogP contribution in [0.5, 0.6) is 0 Å². The summed E-state index contributed by atoms with van der Waals surface area (Å²) in [6.07, 6.45) is 7.54. The van der Waals surface area contributed by atoms with E-state index in [2.05, 4.69) is 108 Å². The van der Waals surface area contributed by atoms with Gasteiger partial charge in [-0.3, -0.25) is 0 Å². The third-order valence-electron chi connectivity index (χ3n) is 5.13. The summed E-state index contributed by atoms with van der Waals surface area (Å²) in [5.74, 6) is 0. The number of aromatic amines is 1. The Bertz CT molecular complexity index is 1040. The normalized spacial score (nSPS) is 11.6. The number of H-pyrrole nitrogens is 1. The first-order valence-electron chi connectivity index (χ1n) is 9.85. The number of aromatic nitrogens is 1. The molecule has 0 aliphatic rings. The highest BCUT2D eigenvalue weighted by atomic mass is 15.1. The van der Waals surface area contributed by atoms with Crippen molar-refractivity contribution in [3.63, 3.8) is 0 Å². The van der Waals surface area contributed by atoms with Gasteiger partial charge < -0.3 is 9.88 Å². The Morgan fingerprint density at radius 3 is 2.43 bits per heavy atom. The summed E-state index contributed by atoms with van der Waals surface area (Å²) in [5.41, 5.74) is 6.36. The van der Waals surface area contributed by atoms with Gasteiger partial charge in [0.1, 0.15) is 0 Å². The fourth-order valence-electron chi connectivity index (χ4n) is 3.59. The van der Waals surface area contributed by atoms with Gasteiger partial charge in [0.05, 0.1) is 0 Å². The van der Waals surface area contributed by atoms with Crippen LogP contribution in [-0.4, -0.2) is 23.5 Å². The monoisotopic (exact) mass is 366 g/mol. The van der Waals surface area contributed by atoms with Gasteiger partial charge in [0.25, 0.3) is 0 Å². The van der Waals surface area contributed by atoms with Gasteiger partial charge in [-0.05, 0) is 47.9 Å². The molecule has 1 heterocycles. The minimum absolute atomic E-state index is 0.967. The summed E-state index contributed by atoms with van der Waals surface area (Å²) in [7, 11) is 2.19. The first kappa shape index (κ1) is 18.3. The van der Waals surface area contributed by atoms with Crippen LogP contribution in [0.25, 0.3) is 28.1 Å². The number of hydrogen-bond acceptors (Lipinski definition) is 1. The Balaban J connectivity index is 1.30. The van der Waals surface area contributed by atoms with Crippen molar-refractivity contribution >= 4 is 17.0 Å². The van der Waals surface area contributed by atoms with Crippen LogP contribution in [0.2, 0.25) is 0 Å². The molecule has 0 aliphatic heterocycles. The summed E-state index contributed by atoms with van der Waals surface area (Å²) < 4.78 is 0. The molecule has 28 heavy (non-hydrogen) atoms. The summed E-state index contributed by atoms with van der Waals surface area (Å²) >= 11 is 0. The van der Waals surface area contributed by atoms with Gasteiger partial charge in [-0.25, -0.2) is 0 Å². The molecular formula is C26H26N2. The van der Waals surface area contributed by atoms with Crippen LogP contribution in [0.1, 0.15) is 17.5 Å². The van der Waals surface area contributed by atoms with E-state index < -0.39 is 0 Å². The van der Waals surface area contributed by atoms with Gasteiger partial charge in [-0.15, -0.1) is 0 Å². The van der Waals surface area contributed by atoms with Crippen LogP contribution < -0.4 is 0 Å². The van der Waals surface area contributed by atoms with Gasteiger partial charge in [0.15, 0.2) is 0 Å². The van der Waals surface area contributed by atoms with E-state index >= 15 is 0 Å². The highest BCUT2D eigenvalue weighted by Crippen LogP contribution is 2.20. The first-order valence-corrected chi connectivity index (χ1v) is 9.85. The molecule has 1 aromatic heterocycles. The second kappa shape index (κ2) is 8.73. The average molecular weight is 367 g/mol. The zero-order chi connectivity index (χ0) is 19.2. The first-order chi connectivity index (χ1) is 13.8. The topological polar surface area (TPSA) is 19.0 Å². The summed E-state index contributed by atoms with van der Waals surface area (Å²) in [6.45, 7) is 2.01. The maximum Gasteiger partial charge on any atom is 0.0457 e. The number of rotatable bonds is 7. The second-order valence-electron chi connectivity index (χ2n) is 7.27. The molecular weight excluding hydrogens is 340 g/mol. The molecule has 0 amide bonds. The third-order valence-corrected chi connectivity index (χ3v) is 5.13. The number of benzene rings is 3. The van der Waals surface area contributed by atoms with Crippen molar-refractivity contribution in [1.82, 2.24) is 9.88 Å². The molecule has 140 valence electrons. The number of hydrogen-bond donors (Lipinski definition) is 1. The highest BCUT2D eigenvalue weighted by Gasteiger charge is 2.04. The van der Waals surface area contributed by atoms with Crippen LogP contribution in [0.3, 0.4) is 0 Å². The molecule has 3 aromatic carbocycles. The van der Waals surface area contributed by atoms with Crippen LogP contribution in [0.15, 0.2) is 91.1 Å². The molecule has 0 saturated heterocycles. The van der Waals surface area contributed by atoms with Crippen molar-refractivity contribution in [1.29, 1.82) is 0 Å². The quantitative estimate of drug-likeness (QED) is 0.402. The minimum Gasteiger partial charge on any atom is -0.361 e. The maximum atomic E-state index is 3.29. The van der Waals surface area contributed by atoms with E-state index in [0.717, 1.165) is 19.5 Å². The molecule has 0 radical (unpaired) electrons. The number of fused-ring (bicyclic) bond motifs is 1. The predicted molar refractivity (Wildman–Crippen MR) is 120 cm³/mol. The maximum absolute atomic E-state index is 3.29. The smallest absolute Gasteiger partial charge is 0.0457 e. The Morgan fingerprint density at radius 1 is 0.821 bits per heavy atom. The van der Waals surface area contributed by atoms with E-state index in [-0.39, 0.29) is 0 Å². The van der Waals surface area contributed by atoms with Crippen LogP contribution in [-0.2, 0) is 6.54 Å². The summed E-state index contributed by atoms with van der Waals surface area (Å²) in [5, 5.41) is 1.32. The molecule has 2 heteroatoms. The molecule has 4 aromatic rings. The van der Waals surface area contributed by atoms with Crippen molar-refractivity contribution in [3.8, 4) is 11.1 Å². The fourth-order valence-corrected chi connectivity index (χ4v) is 3.59. The highest BCUT2D eigenvalue weighted by molar-refractivity contribution is 5.82. The lowest BCUT2D eigenvalue weighted by Crippen LogP contribution is -2.18. The molecule has 1 N–H and O–H groups in total. The standard InChI is InChI=1S/C26H26N2/c1-28(20-24-11-7-12-26-25(24)17-18-27-26)19-6-5-8-21-13-15-23(16-14-21)22-9-3-2-4-10-22/h2-5,7-18,27H,6,19-20H2,1H3. The van der Waals surface area contributed by atoms with Crippen LogP contribution in [0.4, 0.5) is 0 Å². The summed E-state index contributed by atoms with van der Waals surface area (Å²) in [6, 6.07) is 27.9. The molecule has 0 saturated carbocycles. The van der Waals surface area contributed by atoms with Gasteiger partial charge in [-0.1, -0.05) is 78.9 Å². The lowest BCUT2D eigenvalue weighted by molar-refractivity contribution is 0.335. The van der Waals surface area contributed by atoms with Crippen LogP contribution >= 0.6 is 0 Å². The molecule has 0 atom stereocenters. The molecule has 2 nitrogen and oxygen atoms in total. The zero-order valence-corrected chi connectivity index (χ0v) is 16.3. The van der Waals surface area contributed by atoms with Crippen molar-refractivity contribution in [2.75, 3.05) is 13.6 Å². The van der Waals surface area contributed by atoms with Gasteiger partial charge in [0.2, 0.25) is 0 Å². The van der Waals surface area contributed by atoms with E-state index in [1.807, 2.05) is 6.20 Å². The van der Waals surface area contributed by atoms with Crippen molar-refractivity contribution < 1.29 is 0 Å². The molecule has 4 rings (SSSR count). The zero-order valence-electron chi connectivity index (χ0n) is 16.3. The van der Waals surface area contributed by atoms with E-state index in [4.69, 9.17) is 0 Å². The van der Waals surface area contributed by atoms with Crippen molar-refractivity contribution in [3.05, 3.63) is 102 Å². The van der Waals surface area contributed by atoms with Crippen LogP contribution in [0, 0.1) is 0 Å². The molecule has 0 fully saturated rings. The molecule has 0 bridgehead atoms. The van der Waals surface area contributed by atoms with Gasteiger partial charge >= 0.3 is 0 Å². The average Bonchev–Trinajstić information content (AvgIpc) is 3.22. The Morgan fingerprint density at radius 2 is 1.61 bits per heavy atom. The van der Waals surface area contributed by atoms with E-state index in [9.17, 15) is 0 Å². The van der Waals surface area contributed by atoms with Crippen molar-refractivity contribution in [2.45, 2.75) is 13.0 Å². The third kappa shape index (κ3) is 4.41. The van der Waals surface area contributed by atoms with E-state index in [1.54, 1.807) is 0 Å². The summed E-state index contributed by atoms with van der Waals surface area (Å²) in [4.78, 5) is 5.67. The SMILES string of the molecule is CN(CCC=Cc1ccc(-c2ccccc2)cc1)Cc1cccc2[nH]ccc12. The van der Waals surface area contributed by atoms with Gasteiger partial charge in [-0.2, -0.15) is 0 Å². The molecule has 0 aliphatic carbocycles. The Hall–Kier alpha value is -3.10. The van der Waals surface area contributed by atoms with E-state index in [1.165, 1.54) is 33.2 Å². The Labute approximate surface area is 167 Å². The van der Waals surface area contributed by atoms with E-state index in [0.29, 0.717) is 0 Å². The second-order valence-corrected chi connectivity index (χ2v) is 7.27. The fraction of sp³-hybridized carbons (Fsp3) is 0.154.